The summed E-state index contributed by atoms with van der Waals surface area (Å²) in [7, 11) is 3.69. The predicted octanol–water partition coefficient (Wildman–Crippen LogP) is 2.99. The highest BCUT2D eigenvalue weighted by molar-refractivity contribution is 9.10. The molecule has 2 aromatic carbocycles. The maximum Gasteiger partial charge on any atom is 0.271 e. The van der Waals surface area contributed by atoms with Crippen molar-refractivity contribution in [2.75, 3.05) is 27.2 Å². The monoisotopic (exact) mass is 426 g/mol. The zero-order chi connectivity index (χ0) is 19.4. The highest BCUT2D eigenvalue weighted by atomic mass is 79.9. The van der Waals surface area contributed by atoms with Crippen molar-refractivity contribution in [2.24, 2.45) is 10.7 Å². The van der Waals surface area contributed by atoms with Crippen molar-refractivity contribution in [3.05, 3.63) is 81.6 Å². The number of nitrogens with zero attached hydrogens (tertiary/aromatic N) is 3. The smallest absolute Gasteiger partial charge is 0.271 e. The highest BCUT2D eigenvalue weighted by Crippen LogP contribution is 2.24. The van der Waals surface area contributed by atoms with E-state index < -0.39 is 0 Å². The lowest BCUT2D eigenvalue weighted by Crippen LogP contribution is -2.38. The van der Waals surface area contributed by atoms with Crippen LogP contribution in [0.4, 0.5) is 0 Å². The van der Waals surface area contributed by atoms with E-state index in [0.717, 1.165) is 26.9 Å². The summed E-state index contributed by atoms with van der Waals surface area (Å²) in [5, 5.41) is 0. The van der Waals surface area contributed by atoms with Crippen LogP contribution in [0.2, 0.25) is 0 Å². The topological polar surface area (TPSA) is 61.9 Å². The molecule has 1 heterocycles. The van der Waals surface area contributed by atoms with E-state index in [2.05, 4.69) is 34.1 Å². The van der Waals surface area contributed by atoms with Crippen LogP contribution in [0.3, 0.4) is 0 Å². The number of nitrogens with two attached hydrogens (primary N) is 1. The molecule has 1 aliphatic heterocycles. The van der Waals surface area contributed by atoms with Crippen LogP contribution < -0.4 is 5.73 Å². The van der Waals surface area contributed by atoms with E-state index in [4.69, 9.17) is 10.7 Å². The van der Waals surface area contributed by atoms with Gasteiger partial charge in [-0.15, -0.1) is 0 Å². The summed E-state index contributed by atoms with van der Waals surface area (Å²) < 4.78 is 0.982. The quantitative estimate of drug-likeness (QED) is 0.767. The first-order valence-corrected chi connectivity index (χ1v) is 9.56. The zero-order valence-corrected chi connectivity index (χ0v) is 17.1. The van der Waals surface area contributed by atoms with Gasteiger partial charge >= 0.3 is 0 Å². The molecule has 3 rings (SSSR count). The van der Waals surface area contributed by atoms with Gasteiger partial charge in [-0.3, -0.25) is 9.79 Å². The molecule has 1 amide bonds. The van der Waals surface area contributed by atoms with E-state index in [1.807, 2.05) is 44.4 Å². The fourth-order valence-corrected chi connectivity index (χ4v) is 3.45. The third-order valence-electron chi connectivity index (χ3n) is 4.31. The number of hydrogen-bond donors (Lipinski definition) is 1. The molecule has 0 saturated heterocycles. The van der Waals surface area contributed by atoms with Crippen molar-refractivity contribution in [3.63, 3.8) is 0 Å². The van der Waals surface area contributed by atoms with Crippen LogP contribution in [0.15, 0.2) is 69.9 Å². The van der Waals surface area contributed by atoms with Gasteiger partial charge in [0.05, 0.1) is 12.3 Å². The molecule has 1 aliphatic rings. The predicted molar refractivity (Wildman–Crippen MR) is 112 cm³/mol. The van der Waals surface area contributed by atoms with Gasteiger partial charge in [-0.2, -0.15) is 0 Å². The molecule has 0 fully saturated rings. The third-order valence-corrected chi connectivity index (χ3v) is 4.80. The summed E-state index contributed by atoms with van der Waals surface area (Å²) in [6.07, 6.45) is 1.64. The van der Waals surface area contributed by atoms with Crippen LogP contribution in [0.1, 0.15) is 16.7 Å². The standard InChI is InChI=1S/C21H23BrN4O/c1-25(2)14-19(23)21(27)26-11-10-24-20(15-6-4-3-5-7-15)18-12-17(22)9-8-16(18)13-26/h3-9,12,14H,10-11,13,23H2,1-2H3/b19-14-,24-20?. The minimum atomic E-state index is -0.170. The Morgan fingerprint density at radius 3 is 2.67 bits per heavy atom. The van der Waals surface area contributed by atoms with Gasteiger partial charge in [0.2, 0.25) is 0 Å². The fourth-order valence-electron chi connectivity index (χ4n) is 3.09. The summed E-state index contributed by atoms with van der Waals surface area (Å²) in [6.45, 7) is 1.54. The third kappa shape index (κ3) is 4.57. The average molecular weight is 427 g/mol. The van der Waals surface area contributed by atoms with Crippen LogP contribution in [-0.2, 0) is 11.3 Å². The summed E-state index contributed by atoms with van der Waals surface area (Å²) in [6, 6.07) is 16.2. The Morgan fingerprint density at radius 1 is 1.22 bits per heavy atom. The lowest BCUT2D eigenvalue weighted by atomic mass is 9.96. The second-order valence-corrected chi connectivity index (χ2v) is 7.59. The maximum atomic E-state index is 12.8. The number of hydrogen-bond acceptors (Lipinski definition) is 4. The van der Waals surface area contributed by atoms with E-state index in [1.165, 1.54) is 0 Å². The van der Waals surface area contributed by atoms with E-state index in [-0.39, 0.29) is 11.6 Å². The van der Waals surface area contributed by atoms with Gasteiger partial charge in [-0.1, -0.05) is 52.3 Å². The van der Waals surface area contributed by atoms with Crippen molar-refractivity contribution >= 4 is 27.5 Å². The number of halogens is 1. The molecular weight excluding hydrogens is 404 g/mol. The number of benzene rings is 2. The van der Waals surface area contributed by atoms with Gasteiger partial charge < -0.3 is 15.5 Å². The number of fused-ring (bicyclic) bond motifs is 1. The lowest BCUT2D eigenvalue weighted by molar-refractivity contribution is -0.127. The number of amides is 1. The molecule has 2 aromatic rings. The Balaban J connectivity index is 1.99. The first-order chi connectivity index (χ1) is 13.0. The molecule has 2 N–H and O–H groups in total. The second kappa shape index (κ2) is 8.39. The van der Waals surface area contributed by atoms with Crippen LogP contribution >= 0.6 is 15.9 Å². The van der Waals surface area contributed by atoms with Crippen molar-refractivity contribution in [3.8, 4) is 0 Å². The molecule has 0 unspecified atom stereocenters. The minimum absolute atomic E-state index is 0.170. The fraction of sp³-hybridized carbons (Fsp3) is 0.238. The van der Waals surface area contributed by atoms with E-state index in [0.29, 0.717) is 19.6 Å². The zero-order valence-electron chi connectivity index (χ0n) is 15.5. The largest absolute Gasteiger partial charge is 0.393 e. The van der Waals surface area contributed by atoms with Gasteiger partial charge in [0.15, 0.2) is 0 Å². The molecule has 140 valence electrons. The second-order valence-electron chi connectivity index (χ2n) is 6.67. The van der Waals surface area contributed by atoms with Gasteiger partial charge in [0.25, 0.3) is 5.91 Å². The van der Waals surface area contributed by atoms with Crippen LogP contribution in [-0.4, -0.2) is 48.6 Å². The molecule has 0 aliphatic carbocycles. The highest BCUT2D eigenvalue weighted by Gasteiger charge is 2.22. The van der Waals surface area contributed by atoms with Crippen molar-refractivity contribution in [1.29, 1.82) is 0 Å². The van der Waals surface area contributed by atoms with Gasteiger partial charge in [-0.05, 0) is 17.7 Å². The van der Waals surface area contributed by atoms with Crippen LogP contribution in [0, 0.1) is 0 Å². The van der Waals surface area contributed by atoms with Crippen LogP contribution in [0.25, 0.3) is 0 Å². The molecule has 27 heavy (non-hydrogen) atoms. The van der Waals surface area contributed by atoms with Gasteiger partial charge in [0.1, 0.15) is 5.70 Å². The van der Waals surface area contributed by atoms with Crippen LogP contribution in [0.5, 0.6) is 0 Å². The van der Waals surface area contributed by atoms with E-state index in [1.54, 1.807) is 16.0 Å². The summed E-state index contributed by atoms with van der Waals surface area (Å²) >= 11 is 3.56. The Labute approximate surface area is 168 Å². The Bertz CT molecular complexity index is 890. The molecular formula is C21H23BrN4O. The normalized spacial score (nSPS) is 14.7. The van der Waals surface area contributed by atoms with Gasteiger partial charge in [-0.25, -0.2) is 0 Å². The number of carbonyl (C=O) groups is 1. The van der Waals surface area contributed by atoms with Crippen molar-refractivity contribution < 1.29 is 4.79 Å². The van der Waals surface area contributed by atoms with Crippen molar-refractivity contribution in [2.45, 2.75) is 6.54 Å². The summed E-state index contributed by atoms with van der Waals surface area (Å²) in [5.41, 5.74) is 10.3. The SMILES string of the molecule is CN(C)/C=C(\N)C(=O)N1CCN=C(c2ccccc2)c2cc(Br)ccc2C1. The molecule has 0 aromatic heterocycles. The first kappa shape index (κ1) is 19.2. The Kier molecular flexibility index (Phi) is 5.96. The molecule has 0 atom stereocenters. The number of rotatable bonds is 3. The number of carbonyl (C=O) groups excluding carboxylic acids is 1. The van der Waals surface area contributed by atoms with E-state index >= 15 is 0 Å². The summed E-state index contributed by atoms with van der Waals surface area (Å²) in [4.78, 5) is 21.1. The Hall–Kier alpha value is -2.60. The molecule has 0 bridgehead atoms. The molecule has 6 heteroatoms. The number of aliphatic imine (C=N–C) groups is 1. The lowest BCUT2D eigenvalue weighted by Gasteiger charge is -2.27. The molecule has 5 nitrogen and oxygen atoms in total. The first-order valence-electron chi connectivity index (χ1n) is 8.77. The molecule has 0 radical (unpaired) electrons. The van der Waals surface area contributed by atoms with E-state index in [9.17, 15) is 4.79 Å². The van der Waals surface area contributed by atoms with Crippen molar-refractivity contribution in [1.82, 2.24) is 9.80 Å². The molecule has 0 spiro atoms. The summed E-state index contributed by atoms with van der Waals surface area (Å²) in [5.74, 6) is -0.170. The Morgan fingerprint density at radius 2 is 1.96 bits per heavy atom. The maximum absolute atomic E-state index is 12.8. The average Bonchev–Trinajstić information content (AvgIpc) is 2.63. The minimum Gasteiger partial charge on any atom is -0.393 e. The molecule has 0 saturated carbocycles. The van der Waals surface area contributed by atoms with Gasteiger partial charge in [0, 0.05) is 49.0 Å².